The second kappa shape index (κ2) is 5.55. The van der Waals surface area contributed by atoms with Crippen molar-refractivity contribution >= 4 is 0 Å². The number of nitrogens with two attached hydrogens (primary N) is 1. The fourth-order valence-corrected chi connectivity index (χ4v) is 1.76. The molecule has 0 radical (unpaired) electrons. The maximum atomic E-state index is 6.13. The summed E-state index contributed by atoms with van der Waals surface area (Å²) in [6, 6.07) is 9.85. The molecular formula is C14H17NO2. The van der Waals surface area contributed by atoms with Gasteiger partial charge in [0.1, 0.15) is 5.75 Å². The third-order valence-corrected chi connectivity index (χ3v) is 2.65. The summed E-state index contributed by atoms with van der Waals surface area (Å²) in [5.41, 5.74) is 8.35. The topological polar surface area (TPSA) is 48.4 Å². The first kappa shape index (κ1) is 11.7. The fourth-order valence-electron chi connectivity index (χ4n) is 1.76. The first-order valence-electron chi connectivity index (χ1n) is 5.79. The molecule has 2 N–H and O–H groups in total. The molecule has 0 saturated heterocycles. The largest absolute Gasteiger partial charge is 0.494 e. The summed E-state index contributed by atoms with van der Waals surface area (Å²) in [7, 11) is 0. The van der Waals surface area contributed by atoms with Crippen LogP contribution in [0.2, 0.25) is 0 Å². The number of furan rings is 1. The smallest absolute Gasteiger partial charge is 0.119 e. The normalized spacial score (nSPS) is 12.4. The van der Waals surface area contributed by atoms with Gasteiger partial charge in [0.15, 0.2) is 0 Å². The zero-order valence-electron chi connectivity index (χ0n) is 9.93. The van der Waals surface area contributed by atoms with E-state index in [0.717, 1.165) is 23.3 Å². The SMILES string of the molecule is CCOc1ccc(C(N)Cc2ccoc2)cc1. The quantitative estimate of drug-likeness (QED) is 0.860. The minimum absolute atomic E-state index is 0.0109. The molecule has 0 amide bonds. The molecule has 0 aliphatic heterocycles. The van der Waals surface area contributed by atoms with Crippen LogP contribution in [0, 0.1) is 0 Å². The lowest BCUT2D eigenvalue weighted by Gasteiger charge is -2.11. The number of benzene rings is 1. The molecule has 0 aliphatic carbocycles. The minimum Gasteiger partial charge on any atom is -0.494 e. The van der Waals surface area contributed by atoms with Gasteiger partial charge in [-0.3, -0.25) is 0 Å². The molecule has 90 valence electrons. The predicted octanol–water partition coefficient (Wildman–Crippen LogP) is 2.92. The van der Waals surface area contributed by atoms with Crippen LogP contribution in [0.5, 0.6) is 5.75 Å². The van der Waals surface area contributed by atoms with E-state index in [0.29, 0.717) is 6.61 Å². The van der Waals surface area contributed by atoms with E-state index in [1.807, 2.05) is 37.3 Å². The van der Waals surface area contributed by atoms with Crippen LogP contribution in [0.1, 0.15) is 24.1 Å². The maximum absolute atomic E-state index is 6.13. The van der Waals surface area contributed by atoms with Crippen molar-refractivity contribution in [2.45, 2.75) is 19.4 Å². The summed E-state index contributed by atoms with van der Waals surface area (Å²) in [6.07, 6.45) is 4.18. The molecule has 1 unspecified atom stereocenters. The Hall–Kier alpha value is -1.74. The molecule has 0 bridgehead atoms. The third-order valence-electron chi connectivity index (χ3n) is 2.65. The van der Waals surface area contributed by atoms with Crippen molar-refractivity contribution in [3.05, 3.63) is 54.0 Å². The van der Waals surface area contributed by atoms with E-state index in [1.54, 1.807) is 12.5 Å². The Labute approximate surface area is 101 Å². The summed E-state index contributed by atoms with van der Waals surface area (Å²) >= 11 is 0. The van der Waals surface area contributed by atoms with E-state index >= 15 is 0 Å². The molecule has 2 rings (SSSR count). The fraction of sp³-hybridized carbons (Fsp3) is 0.286. The highest BCUT2D eigenvalue weighted by Crippen LogP contribution is 2.19. The zero-order chi connectivity index (χ0) is 12.1. The molecule has 3 nitrogen and oxygen atoms in total. The minimum atomic E-state index is -0.0109. The van der Waals surface area contributed by atoms with Crippen LogP contribution in [-0.2, 0) is 6.42 Å². The van der Waals surface area contributed by atoms with Crippen LogP contribution in [0.25, 0.3) is 0 Å². The molecule has 1 aromatic heterocycles. The highest BCUT2D eigenvalue weighted by atomic mass is 16.5. The van der Waals surface area contributed by atoms with Crippen LogP contribution in [0.3, 0.4) is 0 Å². The highest BCUT2D eigenvalue weighted by molar-refractivity contribution is 5.30. The lowest BCUT2D eigenvalue weighted by Crippen LogP contribution is -2.12. The van der Waals surface area contributed by atoms with Crippen molar-refractivity contribution in [1.82, 2.24) is 0 Å². The summed E-state index contributed by atoms with van der Waals surface area (Å²) in [5.74, 6) is 0.881. The van der Waals surface area contributed by atoms with Gasteiger partial charge in [0.05, 0.1) is 19.1 Å². The van der Waals surface area contributed by atoms with Crippen molar-refractivity contribution in [3.63, 3.8) is 0 Å². The van der Waals surface area contributed by atoms with Crippen molar-refractivity contribution in [2.75, 3.05) is 6.61 Å². The Bertz CT molecular complexity index is 434. The molecule has 3 heteroatoms. The number of hydrogen-bond donors (Lipinski definition) is 1. The summed E-state index contributed by atoms with van der Waals surface area (Å²) in [5, 5.41) is 0. The van der Waals surface area contributed by atoms with E-state index in [1.165, 1.54) is 0 Å². The Morgan fingerprint density at radius 1 is 1.24 bits per heavy atom. The van der Waals surface area contributed by atoms with Gasteiger partial charge in [0.2, 0.25) is 0 Å². The third kappa shape index (κ3) is 3.11. The van der Waals surface area contributed by atoms with Gasteiger partial charge in [-0.15, -0.1) is 0 Å². The van der Waals surface area contributed by atoms with Gasteiger partial charge in [0, 0.05) is 6.04 Å². The van der Waals surface area contributed by atoms with E-state index in [4.69, 9.17) is 14.9 Å². The molecule has 2 aromatic rings. The summed E-state index contributed by atoms with van der Waals surface area (Å²) in [4.78, 5) is 0. The second-order valence-corrected chi connectivity index (χ2v) is 3.94. The average molecular weight is 231 g/mol. The van der Waals surface area contributed by atoms with Crippen LogP contribution in [0.4, 0.5) is 0 Å². The summed E-state index contributed by atoms with van der Waals surface area (Å²) in [6.45, 7) is 2.65. The number of rotatable bonds is 5. The lowest BCUT2D eigenvalue weighted by molar-refractivity contribution is 0.340. The number of hydrogen-bond acceptors (Lipinski definition) is 3. The molecule has 0 aliphatic rings. The molecule has 1 aromatic carbocycles. The van der Waals surface area contributed by atoms with Crippen molar-refractivity contribution in [3.8, 4) is 5.75 Å². The molecule has 1 atom stereocenters. The Morgan fingerprint density at radius 3 is 2.59 bits per heavy atom. The van der Waals surface area contributed by atoms with Gasteiger partial charge in [-0.1, -0.05) is 12.1 Å². The Morgan fingerprint density at radius 2 is 2.00 bits per heavy atom. The number of ether oxygens (including phenoxy) is 1. The Balaban J connectivity index is 2.01. The van der Waals surface area contributed by atoms with Crippen LogP contribution >= 0.6 is 0 Å². The average Bonchev–Trinajstić information content (AvgIpc) is 2.83. The van der Waals surface area contributed by atoms with Gasteiger partial charge < -0.3 is 14.9 Å². The standard InChI is InChI=1S/C14H17NO2/c1-2-17-13-5-3-12(4-6-13)14(15)9-11-7-8-16-10-11/h3-8,10,14H,2,9,15H2,1H3. The van der Waals surface area contributed by atoms with Gasteiger partial charge in [-0.05, 0) is 42.7 Å². The molecular weight excluding hydrogens is 214 g/mol. The predicted molar refractivity (Wildman–Crippen MR) is 67.0 cm³/mol. The van der Waals surface area contributed by atoms with E-state index in [9.17, 15) is 0 Å². The maximum Gasteiger partial charge on any atom is 0.119 e. The summed E-state index contributed by atoms with van der Waals surface area (Å²) < 4.78 is 10.4. The van der Waals surface area contributed by atoms with Crippen LogP contribution < -0.4 is 10.5 Å². The second-order valence-electron chi connectivity index (χ2n) is 3.94. The van der Waals surface area contributed by atoms with Gasteiger partial charge in [0.25, 0.3) is 0 Å². The zero-order valence-corrected chi connectivity index (χ0v) is 9.93. The monoisotopic (exact) mass is 231 g/mol. The highest BCUT2D eigenvalue weighted by Gasteiger charge is 2.07. The van der Waals surface area contributed by atoms with Gasteiger partial charge in [-0.2, -0.15) is 0 Å². The molecule has 1 heterocycles. The molecule has 0 spiro atoms. The Kier molecular flexibility index (Phi) is 3.83. The first-order chi connectivity index (χ1) is 8.29. The van der Waals surface area contributed by atoms with Gasteiger partial charge in [-0.25, -0.2) is 0 Å². The molecule has 0 fully saturated rings. The van der Waals surface area contributed by atoms with Crippen molar-refractivity contribution in [2.24, 2.45) is 5.73 Å². The molecule has 0 saturated carbocycles. The van der Waals surface area contributed by atoms with Gasteiger partial charge >= 0.3 is 0 Å². The van der Waals surface area contributed by atoms with Crippen molar-refractivity contribution in [1.29, 1.82) is 0 Å². The first-order valence-corrected chi connectivity index (χ1v) is 5.79. The lowest BCUT2D eigenvalue weighted by atomic mass is 10.0. The van der Waals surface area contributed by atoms with Crippen LogP contribution in [0.15, 0.2) is 47.3 Å². The van der Waals surface area contributed by atoms with E-state index < -0.39 is 0 Å². The molecule has 17 heavy (non-hydrogen) atoms. The van der Waals surface area contributed by atoms with Crippen molar-refractivity contribution < 1.29 is 9.15 Å². The van der Waals surface area contributed by atoms with E-state index in [2.05, 4.69) is 0 Å². The van der Waals surface area contributed by atoms with Crippen LogP contribution in [-0.4, -0.2) is 6.61 Å². The van der Waals surface area contributed by atoms with E-state index in [-0.39, 0.29) is 6.04 Å².